The lowest BCUT2D eigenvalue weighted by Gasteiger charge is -2.17. The van der Waals surface area contributed by atoms with E-state index in [-0.39, 0.29) is 30.2 Å². The first-order chi connectivity index (χ1) is 10.1. The summed E-state index contributed by atoms with van der Waals surface area (Å²) in [6, 6.07) is 6.36. The Hall–Kier alpha value is -1.73. The highest BCUT2D eigenvalue weighted by molar-refractivity contribution is 5.79. The van der Waals surface area contributed by atoms with E-state index in [0.717, 1.165) is 0 Å². The Kier molecular flexibility index (Phi) is 5.46. The van der Waals surface area contributed by atoms with Gasteiger partial charge in [-0.15, -0.1) is 0 Å². The maximum atomic E-state index is 12.3. The van der Waals surface area contributed by atoms with Gasteiger partial charge in [0.2, 0.25) is 5.91 Å². The van der Waals surface area contributed by atoms with Crippen LogP contribution in [0.15, 0.2) is 24.3 Å². The Balaban J connectivity index is 1.95. The third-order valence-electron chi connectivity index (χ3n) is 3.43. The number of carbonyl (C=O) groups is 1. The molecule has 1 fully saturated rings. The van der Waals surface area contributed by atoms with Gasteiger partial charge in [-0.2, -0.15) is 8.78 Å². The fourth-order valence-electron chi connectivity index (χ4n) is 2.27. The van der Waals surface area contributed by atoms with Crippen LogP contribution in [-0.2, 0) is 16.1 Å². The summed E-state index contributed by atoms with van der Waals surface area (Å²) in [4.78, 5) is 12.1. The Morgan fingerprint density at radius 2 is 2.19 bits per heavy atom. The normalized spacial score (nSPS) is 21.5. The molecule has 0 aliphatic carbocycles. The number of hydrogen-bond donors (Lipinski definition) is 2. The number of para-hydroxylation sites is 1. The van der Waals surface area contributed by atoms with Crippen molar-refractivity contribution >= 4 is 5.91 Å². The average Bonchev–Trinajstić information content (AvgIpc) is 2.94. The molecule has 0 bridgehead atoms. The zero-order chi connectivity index (χ0) is 15.2. The van der Waals surface area contributed by atoms with Crippen LogP contribution in [0.1, 0.15) is 5.56 Å². The largest absolute Gasteiger partial charge is 0.434 e. The number of rotatable bonds is 6. The summed E-state index contributed by atoms with van der Waals surface area (Å²) in [7, 11) is 1.77. The number of likely N-dealkylation sites (N-methyl/N-ethyl adjacent to an activating group) is 1. The molecule has 2 atom stereocenters. The second-order valence-corrected chi connectivity index (χ2v) is 4.74. The van der Waals surface area contributed by atoms with Crippen molar-refractivity contribution in [3.05, 3.63) is 29.8 Å². The predicted molar refractivity (Wildman–Crippen MR) is 72.1 cm³/mol. The molecule has 1 heterocycles. The number of amides is 1. The predicted octanol–water partition coefficient (Wildman–Crippen LogP) is 1.14. The van der Waals surface area contributed by atoms with Crippen LogP contribution in [0.5, 0.6) is 5.75 Å². The van der Waals surface area contributed by atoms with Crippen molar-refractivity contribution in [3.63, 3.8) is 0 Å². The summed E-state index contributed by atoms with van der Waals surface area (Å²) in [5.41, 5.74) is 0.506. The van der Waals surface area contributed by atoms with Crippen LogP contribution >= 0.6 is 0 Å². The molecule has 2 unspecified atom stereocenters. The Morgan fingerprint density at radius 1 is 1.43 bits per heavy atom. The van der Waals surface area contributed by atoms with E-state index in [1.807, 2.05) is 0 Å². The van der Waals surface area contributed by atoms with E-state index in [2.05, 4.69) is 15.4 Å². The summed E-state index contributed by atoms with van der Waals surface area (Å²) in [6.45, 7) is -1.92. The monoisotopic (exact) mass is 300 g/mol. The van der Waals surface area contributed by atoms with Crippen molar-refractivity contribution in [2.45, 2.75) is 19.2 Å². The third-order valence-corrected chi connectivity index (χ3v) is 3.43. The summed E-state index contributed by atoms with van der Waals surface area (Å²) < 4.78 is 34.3. The molecule has 0 aromatic heterocycles. The lowest BCUT2D eigenvalue weighted by molar-refractivity contribution is -0.125. The summed E-state index contributed by atoms with van der Waals surface area (Å²) in [6.07, 6.45) is 0. The number of benzene rings is 1. The van der Waals surface area contributed by atoms with Crippen molar-refractivity contribution in [3.8, 4) is 5.75 Å². The molecule has 1 aliphatic heterocycles. The molecule has 2 rings (SSSR count). The van der Waals surface area contributed by atoms with Gasteiger partial charge >= 0.3 is 6.61 Å². The van der Waals surface area contributed by atoms with Crippen molar-refractivity contribution in [2.75, 3.05) is 20.3 Å². The van der Waals surface area contributed by atoms with E-state index in [4.69, 9.17) is 4.74 Å². The van der Waals surface area contributed by atoms with Crippen molar-refractivity contribution in [1.29, 1.82) is 0 Å². The van der Waals surface area contributed by atoms with Crippen molar-refractivity contribution in [2.24, 2.45) is 5.92 Å². The molecular formula is C14H18F2N2O3. The fraction of sp³-hybridized carbons (Fsp3) is 0.500. The number of carbonyl (C=O) groups excluding carboxylic acids is 1. The van der Waals surface area contributed by atoms with Crippen LogP contribution < -0.4 is 15.4 Å². The SMILES string of the molecule is CNC1COCC1C(=O)NCc1ccccc1OC(F)F. The summed E-state index contributed by atoms with van der Waals surface area (Å²) in [5, 5.41) is 5.76. The molecule has 116 valence electrons. The van der Waals surface area contributed by atoms with Gasteiger partial charge in [-0.3, -0.25) is 4.79 Å². The van der Waals surface area contributed by atoms with Gasteiger partial charge in [-0.25, -0.2) is 0 Å². The maximum Gasteiger partial charge on any atom is 0.387 e. The van der Waals surface area contributed by atoms with E-state index < -0.39 is 6.61 Å². The number of nitrogens with one attached hydrogen (secondary N) is 2. The Morgan fingerprint density at radius 3 is 2.90 bits per heavy atom. The first-order valence-electron chi connectivity index (χ1n) is 6.67. The molecule has 0 spiro atoms. The van der Waals surface area contributed by atoms with E-state index in [0.29, 0.717) is 18.8 Å². The van der Waals surface area contributed by atoms with Gasteiger partial charge in [0, 0.05) is 18.2 Å². The molecule has 1 saturated heterocycles. The van der Waals surface area contributed by atoms with Gasteiger partial charge in [0.25, 0.3) is 0 Å². The van der Waals surface area contributed by atoms with Crippen LogP contribution in [0.2, 0.25) is 0 Å². The van der Waals surface area contributed by atoms with E-state index >= 15 is 0 Å². The zero-order valence-corrected chi connectivity index (χ0v) is 11.6. The van der Waals surface area contributed by atoms with Crippen molar-refractivity contribution in [1.82, 2.24) is 10.6 Å². The van der Waals surface area contributed by atoms with Crippen LogP contribution in [-0.4, -0.2) is 38.8 Å². The molecule has 1 aromatic rings. The molecule has 1 amide bonds. The number of alkyl halides is 2. The second kappa shape index (κ2) is 7.33. The molecular weight excluding hydrogens is 282 g/mol. The maximum absolute atomic E-state index is 12.3. The second-order valence-electron chi connectivity index (χ2n) is 4.74. The van der Waals surface area contributed by atoms with Gasteiger partial charge in [0.1, 0.15) is 5.75 Å². The van der Waals surface area contributed by atoms with Crippen LogP contribution in [0.25, 0.3) is 0 Å². The standard InChI is InChI=1S/C14H18F2N2O3/c1-17-11-8-20-7-10(11)13(19)18-6-9-4-2-3-5-12(9)21-14(15)16/h2-5,10-11,14,17H,6-8H2,1H3,(H,18,19). The molecule has 1 aliphatic rings. The minimum Gasteiger partial charge on any atom is -0.434 e. The lowest BCUT2D eigenvalue weighted by Crippen LogP contribution is -2.42. The zero-order valence-electron chi connectivity index (χ0n) is 11.6. The molecule has 1 aromatic carbocycles. The van der Waals surface area contributed by atoms with Crippen LogP contribution in [0.3, 0.4) is 0 Å². The Bertz CT molecular complexity index is 485. The summed E-state index contributed by atoms with van der Waals surface area (Å²) in [5.74, 6) is -0.377. The minimum atomic E-state index is -2.89. The molecule has 7 heteroatoms. The van der Waals surface area contributed by atoms with Crippen molar-refractivity contribution < 1.29 is 23.0 Å². The highest BCUT2D eigenvalue weighted by atomic mass is 19.3. The number of ether oxygens (including phenoxy) is 2. The smallest absolute Gasteiger partial charge is 0.387 e. The summed E-state index contributed by atoms with van der Waals surface area (Å²) >= 11 is 0. The number of hydrogen-bond acceptors (Lipinski definition) is 4. The average molecular weight is 300 g/mol. The molecule has 0 saturated carbocycles. The van der Waals surface area contributed by atoms with E-state index in [1.54, 1.807) is 25.2 Å². The third kappa shape index (κ3) is 4.12. The first kappa shape index (κ1) is 15.7. The minimum absolute atomic E-state index is 0.0300. The van der Waals surface area contributed by atoms with Gasteiger partial charge in [-0.1, -0.05) is 18.2 Å². The van der Waals surface area contributed by atoms with E-state index in [1.165, 1.54) is 6.07 Å². The highest BCUT2D eigenvalue weighted by Gasteiger charge is 2.32. The lowest BCUT2D eigenvalue weighted by atomic mass is 10.0. The van der Waals surface area contributed by atoms with Gasteiger partial charge in [0.05, 0.1) is 19.1 Å². The topological polar surface area (TPSA) is 59.6 Å². The first-order valence-corrected chi connectivity index (χ1v) is 6.67. The van der Waals surface area contributed by atoms with Gasteiger partial charge in [-0.05, 0) is 13.1 Å². The molecule has 21 heavy (non-hydrogen) atoms. The molecule has 5 nitrogen and oxygen atoms in total. The van der Waals surface area contributed by atoms with Crippen LogP contribution in [0, 0.1) is 5.92 Å². The number of halogens is 2. The fourth-order valence-corrected chi connectivity index (χ4v) is 2.27. The quantitative estimate of drug-likeness (QED) is 0.827. The Labute approximate surface area is 121 Å². The molecule has 0 radical (unpaired) electrons. The van der Waals surface area contributed by atoms with Gasteiger partial charge < -0.3 is 20.1 Å². The van der Waals surface area contributed by atoms with Gasteiger partial charge in [0.15, 0.2) is 0 Å². The molecule has 2 N–H and O–H groups in total. The highest BCUT2D eigenvalue weighted by Crippen LogP contribution is 2.20. The van der Waals surface area contributed by atoms with Crippen LogP contribution in [0.4, 0.5) is 8.78 Å². The van der Waals surface area contributed by atoms with E-state index in [9.17, 15) is 13.6 Å².